The Morgan fingerprint density at radius 1 is 1.47 bits per heavy atom. The van der Waals surface area contributed by atoms with E-state index in [-0.39, 0.29) is 10.9 Å². The van der Waals surface area contributed by atoms with Gasteiger partial charge in [0.05, 0.1) is 10.8 Å². The molecular weight excluding hydrogens is 300 g/mol. The lowest BCUT2D eigenvalue weighted by Gasteiger charge is -2.02. The second kappa shape index (κ2) is 4.74. The molecule has 0 saturated carbocycles. The van der Waals surface area contributed by atoms with Gasteiger partial charge in [0, 0.05) is 15.3 Å². The van der Waals surface area contributed by atoms with Crippen LogP contribution in [0.15, 0.2) is 22.3 Å². The van der Waals surface area contributed by atoms with Crippen LogP contribution in [0.3, 0.4) is 0 Å². The Morgan fingerprint density at radius 3 is 2.89 bits per heavy atom. The highest BCUT2D eigenvalue weighted by atomic mass is 35.5. The van der Waals surface area contributed by atoms with Gasteiger partial charge in [-0.2, -0.15) is 0 Å². The lowest BCUT2D eigenvalue weighted by Crippen LogP contribution is -2.11. The summed E-state index contributed by atoms with van der Waals surface area (Å²) in [5.41, 5.74) is 0.887. The number of nitrogens with zero attached hydrogens (tertiary/aromatic N) is 1. The maximum Gasteiger partial charge on any atom is 0.260 e. The smallest absolute Gasteiger partial charge is 0.260 e. The zero-order valence-corrected chi connectivity index (χ0v) is 12.7. The van der Waals surface area contributed by atoms with Crippen molar-refractivity contribution in [2.24, 2.45) is 0 Å². The van der Waals surface area contributed by atoms with Crippen LogP contribution in [0.5, 0.6) is 0 Å². The number of fused-ring (bicyclic) bond motifs is 1. The van der Waals surface area contributed by atoms with E-state index in [9.17, 15) is 4.79 Å². The van der Waals surface area contributed by atoms with E-state index in [2.05, 4.69) is 9.97 Å². The van der Waals surface area contributed by atoms with E-state index < -0.39 is 0 Å². The Morgan fingerprint density at radius 2 is 2.26 bits per heavy atom. The van der Waals surface area contributed by atoms with Crippen LogP contribution < -0.4 is 5.56 Å². The molecule has 0 spiro atoms. The van der Waals surface area contributed by atoms with E-state index in [1.807, 2.05) is 24.4 Å². The number of rotatable bonds is 2. The summed E-state index contributed by atoms with van der Waals surface area (Å²) in [4.78, 5) is 22.5. The number of hydrogen-bond acceptors (Lipinski definition) is 4. The number of aromatic nitrogens is 2. The molecule has 3 rings (SSSR count). The van der Waals surface area contributed by atoms with Crippen LogP contribution in [0.25, 0.3) is 20.7 Å². The first-order valence-electron chi connectivity index (χ1n) is 5.79. The standard InChI is InChI=1S/C13H11ClN2OS2/c1-6(14)11-15-12(17)10-9(8-4-3-5-18-8)7(2)19-13(10)16-11/h3-6H,1-2H3,(H,15,16,17). The summed E-state index contributed by atoms with van der Waals surface area (Å²) < 4.78 is 0. The Kier molecular flexibility index (Phi) is 3.20. The number of alkyl halides is 1. The number of aromatic amines is 1. The van der Waals surface area contributed by atoms with Gasteiger partial charge in [-0.1, -0.05) is 6.07 Å². The van der Waals surface area contributed by atoms with Crippen LogP contribution in [0.1, 0.15) is 23.0 Å². The number of hydrogen-bond donors (Lipinski definition) is 1. The highest BCUT2D eigenvalue weighted by Crippen LogP contribution is 2.38. The third-order valence-electron chi connectivity index (χ3n) is 2.90. The van der Waals surface area contributed by atoms with Gasteiger partial charge >= 0.3 is 0 Å². The topological polar surface area (TPSA) is 45.8 Å². The molecule has 98 valence electrons. The van der Waals surface area contributed by atoms with Gasteiger partial charge in [0.2, 0.25) is 0 Å². The molecule has 0 aliphatic heterocycles. The van der Waals surface area contributed by atoms with Crippen molar-refractivity contribution in [3.05, 3.63) is 38.6 Å². The van der Waals surface area contributed by atoms with Gasteiger partial charge in [-0.25, -0.2) is 4.98 Å². The van der Waals surface area contributed by atoms with Crippen molar-refractivity contribution in [1.29, 1.82) is 0 Å². The average Bonchev–Trinajstić information content (AvgIpc) is 2.94. The summed E-state index contributed by atoms with van der Waals surface area (Å²) in [6.07, 6.45) is 0. The molecule has 0 aromatic carbocycles. The molecule has 1 atom stereocenters. The Balaban J connectivity index is 2.37. The Hall–Kier alpha value is -1.17. The first-order chi connectivity index (χ1) is 9.08. The number of thiophene rings is 2. The minimum atomic E-state index is -0.301. The molecule has 0 aliphatic carbocycles. The van der Waals surface area contributed by atoms with E-state index >= 15 is 0 Å². The monoisotopic (exact) mass is 310 g/mol. The fraction of sp³-hybridized carbons (Fsp3) is 0.231. The van der Waals surface area contributed by atoms with E-state index in [1.54, 1.807) is 18.3 Å². The molecule has 0 radical (unpaired) electrons. The van der Waals surface area contributed by atoms with E-state index in [4.69, 9.17) is 11.6 Å². The molecule has 0 aliphatic rings. The van der Waals surface area contributed by atoms with Crippen LogP contribution in [-0.4, -0.2) is 9.97 Å². The predicted molar refractivity (Wildman–Crippen MR) is 82.6 cm³/mol. The first-order valence-corrected chi connectivity index (χ1v) is 7.92. The molecule has 1 N–H and O–H groups in total. The second-order valence-electron chi connectivity index (χ2n) is 4.26. The Labute approximate surface area is 122 Å². The largest absolute Gasteiger partial charge is 0.309 e. The molecule has 0 amide bonds. The van der Waals surface area contributed by atoms with Crippen LogP contribution in [0.2, 0.25) is 0 Å². The lowest BCUT2D eigenvalue weighted by atomic mass is 10.1. The molecule has 0 saturated heterocycles. The number of nitrogens with one attached hydrogen (secondary N) is 1. The summed E-state index contributed by atoms with van der Waals surface area (Å²) in [5.74, 6) is 0.526. The molecule has 0 bridgehead atoms. The van der Waals surface area contributed by atoms with Crippen molar-refractivity contribution >= 4 is 44.5 Å². The van der Waals surface area contributed by atoms with E-state index in [0.717, 1.165) is 20.1 Å². The number of H-pyrrole nitrogens is 1. The highest BCUT2D eigenvalue weighted by molar-refractivity contribution is 7.20. The fourth-order valence-corrected chi connectivity index (χ4v) is 4.09. The fourth-order valence-electron chi connectivity index (χ4n) is 2.04. The molecular formula is C13H11ClN2OS2. The van der Waals surface area contributed by atoms with Crippen molar-refractivity contribution in [1.82, 2.24) is 9.97 Å². The molecule has 19 heavy (non-hydrogen) atoms. The maximum absolute atomic E-state index is 12.3. The van der Waals surface area contributed by atoms with Gasteiger partial charge in [-0.15, -0.1) is 34.3 Å². The van der Waals surface area contributed by atoms with Crippen LogP contribution in [0, 0.1) is 6.92 Å². The normalized spacial score (nSPS) is 13.0. The minimum absolute atomic E-state index is 0.111. The van der Waals surface area contributed by atoms with Gasteiger partial charge < -0.3 is 4.98 Å². The van der Waals surface area contributed by atoms with Crippen molar-refractivity contribution < 1.29 is 0 Å². The van der Waals surface area contributed by atoms with Crippen molar-refractivity contribution in [2.45, 2.75) is 19.2 Å². The second-order valence-corrected chi connectivity index (χ2v) is 7.06. The zero-order chi connectivity index (χ0) is 13.6. The van der Waals surface area contributed by atoms with Crippen molar-refractivity contribution in [2.75, 3.05) is 0 Å². The summed E-state index contributed by atoms with van der Waals surface area (Å²) in [6, 6.07) is 4.01. The SMILES string of the molecule is Cc1sc2nc(C(C)Cl)[nH]c(=O)c2c1-c1cccs1. The van der Waals surface area contributed by atoms with Crippen molar-refractivity contribution in [3.8, 4) is 10.4 Å². The van der Waals surface area contributed by atoms with Gasteiger partial charge in [0.1, 0.15) is 10.7 Å². The Bertz CT molecular complexity index is 787. The van der Waals surface area contributed by atoms with Gasteiger partial charge in [0.15, 0.2) is 0 Å². The third-order valence-corrected chi connectivity index (χ3v) is 4.99. The van der Waals surface area contributed by atoms with E-state index in [0.29, 0.717) is 11.2 Å². The predicted octanol–water partition coefficient (Wildman–Crippen LogP) is 4.32. The number of halogens is 1. The quantitative estimate of drug-likeness (QED) is 0.716. The molecule has 0 fully saturated rings. The van der Waals surface area contributed by atoms with Crippen LogP contribution in [0.4, 0.5) is 0 Å². The molecule has 1 unspecified atom stereocenters. The minimum Gasteiger partial charge on any atom is -0.309 e. The first kappa shape index (κ1) is 12.8. The van der Waals surface area contributed by atoms with Crippen LogP contribution >= 0.6 is 34.3 Å². The van der Waals surface area contributed by atoms with Gasteiger partial charge in [-0.3, -0.25) is 4.79 Å². The van der Waals surface area contributed by atoms with Gasteiger partial charge in [-0.05, 0) is 25.3 Å². The zero-order valence-electron chi connectivity index (χ0n) is 10.4. The van der Waals surface area contributed by atoms with Gasteiger partial charge in [0.25, 0.3) is 5.56 Å². The molecule has 3 heterocycles. The van der Waals surface area contributed by atoms with Crippen LogP contribution in [-0.2, 0) is 0 Å². The van der Waals surface area contributed by atoms with E-state index in [1.165, 1.54) is 11.3 Å². The molecule has 6 heteroatoms. The molecule has 3 nitrogen and oxygen atoms in total. The lowest BCUT2D eigenvalue weighted by molar-refractivity contribution is 0.917. The molecule has 3 aromatic heterocycles. The molecule has 3 aromatic rings. The average molecular weight is 311 g/mol. The number of aryl methyl sites for hydroxylation is 1. The van der Waals surface area contributed by atoms with Crippen molar-refractivity contribution in [3.63, 3.8) is 0 Å². The summed E-state index contributed by atoms with van der Waals surface area (Å²) >= 11 is 9.16. The third kappa shape index (κ3) is 2.12. The highest BCUT2D eigenvalue weighted by Gasteiger charge is 2.18. The summed E-state index contributed by atoms with van der Waals surface area (Å²) in [6.45, 7) is 3.82. The summed E-state index contributed by atoms with van der Waals surface area (Å²) in [7, 11) is 0. The summed E-state index contributed by atoms with van der Waals surface area (Å²) in [5, 5.41) is 2.38. The maximum atomic E-state index is 12.3.